The minimum atomic E-state index is -1.84. The Morgan fingerprint density at radius 1 is 0.692 bits per heavy atom. The maximum atomic E-state index is 11.2. The minimum Gasteiger partial charge on any atom is -0.394 e. The molecule has 26 heavy (non-hydrogen) atoms. The van der Waals surface area contributed by atoms with Crippen LogP contribution in [0.3, 0.4) is 0 Å². The number of aliphatic hydroxyl groups excluding tert-OH is 5. The Balaban J connectivity index is 2.29. The fraction of sp³-hybridized carbons (Fsp3) is 0.400. The van der Waals surface area contributed by atoms with E-state index in [2.05, 4.69) is 0 Å². The highest BCUT2D eigenvalue weighted by atomic mass is 16.4. The second-order valence-electron chi connectivity index (χ2n) is 6.60. The molecule has 0 bridgehead atoms. The van der Waals surface area contributed by atoms with Crippen molar-refractivity contribution in [2.45, 2.75) is 42.9 Å². The first-order chi connectivity index (χ1) is 12.4. The monoisotopic (exact) mass is 362 g/mol. The van der Waals surface area contributed by atoms with Gasteiger partial charge in [-0.1, -0.05) is 60.7 Å². The lowest BCUT2D eigenvalue weighted by atomic mass is 9.79. The first-order valence-electron chi connectivity index (χ1n) is 8.51. The molecule has 0 unspecified atom stereocenters. The van der Waals surface area contributed by atoms with E-state index in [9.17, 15) is 25.5 Å². The van der Waals surface area contributed by atoms with Crippen LogP contribution in [-0.2, 0) is 12.8 Å². The molecule has 0 aromatic heterocycles. The van der Waals surface area contributed by atoms with E-state index in [1.807, 2.05) is 12.1 Å². The average Bonchev–Trinajstić information content (AvgIpc) is 2.67. The van der Waals surface area contributed by atoms with Crippen molar-refractivity contribution in [3.8, 4) is 0 Å². The third-order valence-corrected chi connectivity index (χ3v) is 4.51. The van der Waals surface area contributed by atoms with Crippen molar-refractivity contribution in [1.82, 2.24) is 0 Å². The van der Waals surface area contributed by atoms with E-state index in [0.29, 0.717) is 0 Å². The summed E-state index contributed by atoms with van der Waals surface area (Å²) in [4.78, 5) is 0. The molecule has 0 aliphatic heterocycles. The summed E-state index contributed by atoms with van der Waals surface area (Å²) in [5.74, 6) is 0. The number of rotatable bonds is 9. The molecule has 0 heterocycles. The molecule has 6 nitrogen and oxygen atoms in total. The lowest BCUT2D eigenvalue weighted by Crippen LogP contribution is -2.57. The van der Waals surface area contributed by atoms with Gasteiger partial charge < -0.3 is 30.6 Å². The molecule has 142 valence electrons. The normalized spacial score (nSPS) is 16.7. The van der Waals surface area contributed by atoms with Gasteiger partial charge in [-0.25, -0.2) is 0 Å². The summed E-state index contributed by atoms with van der Waals surface area (Å²) in [6, 6.07) is 18.0. The third-order valence-electron chi connectivity index (χ3n) is 4.51. The summed E-state index contributed by atoms with van der Waals surface area (Å²) in [5.41, 5.74) is -0.304. The minimum absolute atomic E-state index is 0.0307. The van der Waals surface area contributed by atoms with Gasteiger partial charge in [-0.05, 0) is 11.1 Å². The highest BCUT2D eigenvalue weighted by molar-refractivity contribution is 5.23. The van der Waals surface area contributed by atoms with Crippen molar-refractivity contribution in [3.05, 3.63) is 71.8 Å². The van der Waals surface area contributed by atoms with Crippen molar-refractivity contribution < 1.29 is 30.6 Å². The van der Waals surface area contributed by atoms with Crippen molar-refractivity contribution in [2.75, 3.05) is 6.61 Å². The van der Waals surface area contributed by atoms with Crippen LogP contribution in [0.15, 0.2) is 60.7 Å². The van der Waals surface area contributed by atoms with Crippen LogP contribution in [-0.4, -0.2) is 67.3 Å². The summed E-state index contributed by atoms with van der Waals surface area (Å²) in [5, 5.41) is 60.5. The smallest absolute Gasteiger partial charge is 0.112 e. The van der Waals surface area contributed by atoms with E-state index in [1.54, 1.807) is 48.5 Å². The van der Waals surface area contributed by atoms with Gasteiger partial charge in [0.25, 0.3) is 0 Å². The van der Waals surface area contributed by atoms with E-state index in [0.717, 1.165) is 11.1 Å². The molecular formula is C20H26O6. The number of hydrogen-bond donors (Lipinski definition) is 6. The second-order valence-corrected chi connectivity index (χ2v) is 6.60. The molecule has 0 spiro atoms. The molecule has 2 aromatic carbocycles. The molecule has 0 radical (unpaired) electrons. The third kappa shape index (κ3) is 5.11. The molecular weight excluding hydrogens is 336 g/mol. The fourth-order valence-electron chi connectivity index (χ4n) is 3.01. The topological polar surface area (TPSA) is 121 Å². The standard InChI is InChI=1S/C20H26O6/c21-13-16(22)17(23)18(24)19(25)20(26,11-14-7-3-1-4-8-14)12-15-9-5-2-6-10-15/h1-10,16-19,21-26H,11-13H2/t16-,17-,18-,19-/m1/s1. The van der Waals surface area contributed by atoms with Gasteiger partial charge in [0.1, 0.15) is 30.0 Å². The first-order valence-corrected chi connectivity index (χ1v) is 8.51. The zero-order valence-corrected chi connectivity index (χ0v) is 14.4. The van der Waals surface area contributed by atoms with Gasteiger partial charge in [-0.15, -0.1) is 0 Å². The van der Waals surface area contributed by atoms with Gasteiger partial charge in [-0.2, -0.15) is 0 Å². The molecule has 6 N–H and O–H groups in total. The lowest BCUT2D eigenvalue weighted by Gasteiger charge is -2.38. The molecule has 2 rings (SSSR count). The lowest BCUT2D eigenvalue weighted by molar-refractivity contribution is -0.172. The molecule has 0 saturated heterocycles. The zero-order valence-electron chi connectivity index (χ0n) is 14.4. The van der Waals surface area contributed by atoms with Crippen LogP contribution >= 0.6 is 0 Å². The Bertz CT molecular complexity index is 606. The Labute approximate surface area is 152 Å². The van der Waals surface area contributed by atoms with Crippen LogP contribution in [0.1, 0.15) is 11.1 Å². The fourth-order valence-corrected chi connectivity index (χ4v) is 3.01. The summed E-state index contributed by atoms with van der Waals surface area (Å²) in [6.45, 7) is -0.777. The largest absolute Gasteiger partial charge is 0.394 e. The summed E-state index contributed by atoms with van der Waals surface area (Å²) in [6.07, 6.45) is -6.95. The Kier molecular flexibility index (Phi) is 7.28. The first kappa shape index (κ1) is 20.5. The molecule has 2 aromatic rings. The van der Waals surface area contributed by atoms with Crippen LogP contribution in [0, 0.1) is 0 Å². The maximum absolute atomic E-state index is 11.2. The predicted molar refractivity (Wildman–Crippen MR) is 96.4 cm³/mol. The maximum Gasteiger partial charge on any atom is 0.112 e. The quantitative estimate of drug-likeness (QED) is 0.362. The van der Waals surface area contributed by atoms with E-state index < -0.39 is 36.6 Å². The van der Waals surface area contributed by atoms with Gasteiger partial charge in [0.05, 0.1) is 6.61 Å². The average molecular weight is 362 g/mol. The molecule has 0 fully saturated rings. The zero-order chi connectivity index (χ0) is 19.2. The van der Waals surface area contributed by atoms with Gasteiger partial charge in [-0.3, -0.25) is 0 Å². The number of benzene rings is 2. The van der Waals surface area contributed by atoms with Crippen LogP contribution < -0.4 is 0 Å². The molecule has 0 saturated carbocycles. The van der Waals surface area contributed by atoms with Crippen molar-refractivity contribution in [3.63, 3.8) is 0 Å². The Morgan fingerprint density at radius 2 is 1.12 bits per heavy atom. The van der Waals surface area contributed by atoms with Crippen LogP contribution in [0.25, 0.3) is 0 Å². The second kappa shape index (κ2) is 9.23. The van der Waals surface area contributed by atoms with E-state index in [-0.39, 0.29) is 12.8 Å². The summed E-state index contributed by atoms with van der Waals surface area (Å²) >= 11 is 0. The summed E-state index contributed by atoms with van der Waals surface area (Å²) < 4.78 is 0. The number of hydrogen-bond acceptors (Lipinski definition) is 6. The van der Waals surface area contributed by atoms with Crippen molar-refractivity contribution in [1.29, 1.82) is 0 Å². The van der Waals surface area contributed by atoms with E-state index in [4.69, 9.17) is 5.11 Å². The van der Waals surface area contributed by atoms with Gasteiger partial charge >= 0.3 is 0 Å². The highest BCUT2D eigenvalue weighted by Gasteiger charge is 2.44. The molecule has 0 amide bonds. The van der Waals surface area contributed by atoms with E-state index in [1.165, 1.54) is 0 Å². The van der Waals surface area contributed by atoms with Crippen molar-refractivity contribution in [2.24, 2.45) is 0 Å². The molecule has 0 aliphatic carbocycles. The predicted octanol–water partition coefficient (Wildman–Crippen LogP) is -0.361. The van der Waals surface area contributed by atoms with Gasteiger partial charge in [0.15, 0.2) is 0 Å². The van der Waals surface area contributed by atoms with E-state index >= 15 is 0 Å². The van der Waals surface area contributed by atoms with Gasteiger partial charge in [0, 0.05) is 12.8 Å². The summed E-state index contributed by atoms with van der Waals surface area (Å²) in [7, 11) is 0. The van der Waals surface area contributed by atoms with Crippen LogP contribution in [0.5, 0.6) is 0 Å². The molecule has 6 heteroatoms. The Morgan fingerprint density at radius 3 is 1.50 bits per heavy atom. The molecule has 0 aliphatic rings. The van der Waals surface area contributed by atoms with Crippen LogP contribution in [0.2, 0.25) is 0 Å². The number of aliphatic hydroxyl groups is 6. The van der Waals surface area contributed by atoms with Crippen molar-refractivity contribution >= 4 is 0 Å². The Hall–Kier alpha value is -1.80. The highest BCUT2D eigenvalue weighted by Crippen LogP contribution is 2.26. The van der Waals surface area contributed by atoms with Crippen LogP contribution in [0.4, 0.5) is 0 Å². The SMILES string of the molecule is OC[C@@H](O)[C@@H](O)[C@@H](O)[C@@H](O)C(O)(Cc1ccccc1)Cc1ccccc1. The molecule has 4 atom stereocenters. The van der Waals surface area contributed by atoms with Gasteiger partial charge in [0.2, 0.25) is 0 Å².